The monoisotopic (exact) mass is 580 g/mol. The van der Waals surface area contributed by atoms with Gasteiger partial charge in [0.15, 0.2) is 11.0 Å². The van der Waals surface area contributed by atoms with E-state index in [1.807, 2.05) is 6.92 Å². The number of nitrogens with zero attached hydrogens (tertiary/aromatic N) is 4. The van der Waals surface area contributed by atoms with Crippen LogP contribution in [0.3, 0.4) is 0 Å². The van der Waals surface area contributed by atoms with Gasteiger partial charge >= 0.3 is 0 Å². The van der Waals surface area contributed by atoms with Crippen molar-refractivity contribution in [3.05, 3.63) is 98.8 Å². The second kappa shape index (κ2) is 13.1. The predicted molar refractivity (Wildman–Crippen MR) is 152 cm³/mol. The van der Waals surface area contributed by atoms with Crippen LogP contribution in [0.2, 0.25) is 5.02 Å². The first-order chi connectivity index (χ1) is 19.3. The number of halogens is 1. The number of nitro benzene ring substituents is 1. The molecule has 2 N–H and O–H groups in total. The highest BCUT2D eigenvalue weighted by Crippen LogP contribution is 2.25. The van der Waals surface area contributed by atoms with Gasteiger partial charge in [-0.3, -0.25) is 24.3 Å². The van der Waals surface area contributed by atoms with Crippen molar-refractivity contribution in [3.63, 3.8) is 0 Å². The number of rotatable bonds is 11. The molecule has 4 rings (SSSR count). The maximum absolute atomic E-state index is 12.9. The third-order valence-electron chi connectivity index (χ3n) is 5.70. The summed E-state index contributed by atoms with van der Waals surface area (Å²) in [6, 6.07) is 18.4. The summed E-state index contributed by atoms with van der Waals surface area (Å²) >= 11 is 7.39. The summed E-state index contributed by atoms with van der Waals surface area (Å²) in [5.41, 5.74) is 1.57. The zero-order valence-corrected chi connectivity index (χ0v) is 23.2. The Hall–Kier alpha value is -4.42. The van der Waals surface area contributed by atoms with Gasteiger partial charge in [0.1, 0.15) is 5.75 Å². The topological polar surface area (TPSA) is 141 Å². The lowest BCUT2D eigenvalue weighted by molar-refractivity contribution is -0.385. The highest BCUT2D eigenvalue weighted by Gasteiger charge is 2.20. The van der Waals surface area contributed by atoms with E-state index in [2.05, 4.69) is 20.8 Å². The minimum Gasteiger partial charge on any atom is -0.494 e. The number of benzene rings is 3. The molecule has 0 unspecified atom stereocenters. The van der Waals surface area contributed by atoms with E-state index in [-0.39, 0.29) is 35.0 Å². The molecule has 0 saturated heterocycles. The van der Waals surface area contributed by atoms with Gasteiger partial charge in [0, 0.05) is 27.9 Å². The molecule has 0 fully saturated rings. The van der Waals surface area contributed by atoms with E-state index in [9.17, 15) is 19.7 Å². The number of thioether (sulfide) groups is 1. The first-order valence-corrected chi connectivity index (χ1v) is 13.5. The number of nitro groups is 1. The van der Waals surface area contributed by atoms with Gasteiger partial charge in [0.25, 0.3) is 11.6 Å². The molecule has 0 aliphatic heterocycles. The number of ether oxygens (including phenoxy) is 1. The second-order valence-corrected chi connectivity index (χ2v) is 9.78. The van der Waals surface area contributed by atoms with Gasteiger partial charge in [-0.05, 0) is 62.4 Å². The Morgan fingerprint density at radius 3 is 2.55 bits per heavy atom. The van der Waals surface area contributed by atoms with Crippen LogP contribution in [0.15, 0.2) is 71.9 Å². The SMILES string of the molecule is CCOc1ccc(NC(=O)CSc2nnc(CNC(=O)c3cccc([N+](=O)[O-])c3C)n2-c2cccc(Cl)c2)cc1. The number of aromatic nitrogens is 3. The predicted octanol–water partition coefficient (Wildman–Crippen LogP) is 5.20. The highest BCUT2D eigenvalue weighted by atomic mass is 35.5. The zero-order chi connectivity index (χ0) is 28.6. The molecule has 0 aliphatic carbocycles. The van der Waals surface area contributed by atoms with Crippen LogP contribution in [-0.2, 0) is 11.3 Å². The number of carbonyl (C=O) groups excluding carboxylic acids is 2. The van der Waals surface area contributed by atoms with E-state index in [1.54, 1.807) is 53.1 Å². The summed E-state index contributed by atoms with van der Waals surface area (Å²) in [4.78, 5) is 36.3. The molecule has 40 heavy (non-hydrogen) atoms. The number of anilines is 1. The van der Waals surface area contributed by atoms with Crippen molar-refractivity contribution in [1.29, 1.82) is 0 Å². The summed E-state index contributed by atoms with van der Waals surface area (Å²) in [7, 11) is 0. The van der Waals surface area contributed by atoms with Gasteiger partial charge in [0.2, 0.25) is 5.91 Å². The summed E-state index contributed by atoms with van der Waals surface area (Å²) in [6.45, 7) is 3.94. The number of nitrogens with one attached hydrogen (secondary N) is 2. The molecule has 0 spiro atoms. The molecule has 0 atom stereocenters. The van der Waals surface area contributed by atoms with Crippen LogP contribution >= 0.6 is 23.4 Å². The lowest BCUT2D eigenvalue weighted by Crippen LogP contribution is -2.25. The molecule has 0 radical (unpaired) electrons. The molecule has 0 aliphatic rings. The highest BCUT2D eigenvalue weighted by molar-refractivity contribution is 7.99. The molecule has 3 aromatic carbocycles. The number of hydrogen-bond acceptors (Lipinski definition) is 8. The van der Waals surface area contributed by atoms with Crippen molar-refractivity contribution >= 4 is 46.6 Å². The Labute approximate surface area is 239 Å². The van der Waals surface area contributed by atoms with Gasteiger partial charge in [-0.1, -0.05) is 35.5 Å². The molecule has 0 bridgehead atoms. The molecular weight excluding hydrogens is 556 g/mol. The molecular formula is C27H25ClN6O5S. The standard InChI is InChI=1S/C27H25ClN6O5S/c1-3-39-21-12-10-19(11-13-21)30-25(35)16-40-27-32-31-24(33(27)20-7-4-6-18(28)14-20)15-29-26(36)22-8-5-9-23(17(22)2)34(37)38/h4-14H,3,15-16H2,1-2H3,(H,29,36)(H,30,35). The average molecular weight is 581 g/mol. The van der Waals surface area contributed by atoms with Crippen molar-refractivity contribution in [2.75, 3.05) is 17.7 Å². The van der Waals surface area contributed by atoms with E-state index in [1.165, 1.54) is 36.9 Å². The van der Waals surface area contributed by atoms with Crippen LogP contribution < -0.4 is 15.4 Å². The van der Waals surface area contributed by atoms with Gasteiger partial charge in [-0.25, -0.2) is 0 Å². The second-order valence-electron chi connectivity index (χ2n) is 8.40. The summed E-state index contributed by atoms with van der Waals surface area (Å²) in [5, 5.41) is 26.2. The number of amides is 2. The largest absolute Gasteiger partial charge is 0.494 e. The van der Waals surface area contributed by atoms with Crippen LogP contribution in [0, 0.1) is 17.0 Å². The Kier molecular flexibility index (Phi) is 9.35. The van der Waals surface area contributed by atoms with E-state index < -0.39 is 10.8 Å². The first kappa shape index (κ1) is 28.6. The Morgan fingerprint density at radius 2 is 1.85 bits per heavy atom. The zero-order valence-electron chi connectivity index (χ0n) is 21.6. The number of carbonyl (C=O) groups is 2. The van der Waals surface area contributed by atoms with Crippen LogP contribution in [0.5, 0.6) is 5.75 Å². The van der Waals surface area contributed by atoms with Crippen molar-refractivity contribution in [2.45, 2.75) is 25.5 Å². The molecule has 1 aromatic heterocycles. The average Bonchev–Trinajstić information content (AvgIpc) is 3.34. The van der Waals surface area contributed by atoms with E-state index in [0.717, 1.165) is 0 Å². The molecule has 0 saturated carbocycles. The summed E-state index contributed by atoms with van der Waals surface area (Å²) in [5.74, 6) is 0.403. The van der Waals surface area contributed by atoms with Crippen molar-refractivity contribution in [3.8, 4) is 11.4 Å². The van der Waals surface area contributed by atoms with Crippen LogP contribution in [-0.4, -0.2) is 43.9 Å². The van der Waals surface area contributed by atoms with Crippen LogP contribution in [0.4, 0.5) is 11.4 Å². The van der Waals surface area contributed by atoms with Crippen LogP contribution in [0.1, 0.15) is 28.7 Å². The fourth-order valence-electron chi connectivity index (χ4n) is 3.83. The smallest absolute Gasteiger partial charge is 0.273 e. The summed E-state index contributed by atoms with van der Waals surface area (Å²) < 4.78 is 7.12. The molecule has 4 aromatic rings. The minimum absolute atomic E-state index is 0.0284. The molecule has 2 amide bonds. The van der Waals surface area contributed by atoms with E-state index >= 15 is 0 Å². The lowest BCUT2D eigenvalue weighted by Gasteiger charge is -2.12. The lowest BCUT2D eigenvalue weighted by atomic mass is 10.1. The number of hydrogen-bond donors (Lipinski definition) is 2. The fraction of sp³-hybridized carbons (Fsp3) is 0.185. The Balaban J connectivity index is 1.50. The fourth-order valence-corrected chi connectivity index (χ4v) is 4.79. The maximum Gasteiger partial charge on any atom is 0.273 e. The normalized spacial score (nSPS) is 10.7. The van der Waals surface area contributed by atoms with Crippen LogP contribution in [0.25, 0.3) is 5.69 Å². The molecule has 1 heterocycles. The minimum atomic E-state index is -0.530. The first-order valence-electron chi connectivity index (χ1n) is 12.1. The quantitative estimate of drug-likeness (QED) is 0.140. The third-order valence-corrected chi connectivity index (χ3v) is 6.87. The maximum atomic E-state index is 12.9. The van der Waals surface area contributed by atoms with Gasteiger partial charge < -0.3 is 15.4 Å². The van der Waals surface area contributed by atoms with Gasteiger partial charge in [-0.15, -0.1) is 10.2 Å². The van der Waals surface area contributed by atoms with Crippen molar-refractivity contribution in [2.24, 2.45) is 0 Å². The summed E-state index contributed by atoms with van der Waals surface area (Å²) in [6.07, 6.45) is 0. The molecule has 11 nitrogen and oxygen atoms in total. The van der Waals surface area contributed by atoms with E-state index in [4.69, 9.17) is 16.3 Å². The van der Waals surface area contributed by atoms with Gasteiger partial charge in [-0.2, -0.15) is 0 Å². The Morgan fingerprint density at radius 1 is 1.10 bits per heavy atom. The molecule has 206 valence electrons. The Bertz CT molecular complexity index is 1540. The van der Waals surface area contributed by atoms with E-state index in [0.29, 0.717) is 39.7 Å². The molecule has 13 heteroatoms. The third kappa shape index (κ3) is 6.96. The van der Waals surface area contributed by atoms with Crippen molar-refractivity contribution in [1.82, 2.24) is 20.1 Å². The van der Waals surface area contributed by atoms with Crippen molar-refractivity contribution < 1.29 is 19.2 Å². The van der Waals surface area contributed by atoms with Gasteiger partial charge in [0.05, 0.1) is 29.5 Å².